The molecule has 1 aromatic rings. The van der Waals surface area contributed by atoms with Crippen molar-refractivity contribution in [1.29, 1.82) is 0 Å². The van der Waals surface area contributed by atoms with E-state index < -0.39 is 0 Å². The molecule has 0 fully saturated rings. The predicted octanol–water partition coefficient (Wildman–Crippen LogP) is 5.10. The molecule has 0 aromatic heterocycles. The molecule has 0 bridgehead atoms. The second-order valence-corrected chi connectivity index (χ2v) is 5.10. The van der Waals surface area contributed by atoms with Gasteiger partial charge in [0.25, 0.3) is 0 Å². The van der Waals surface area contributed by atoms with Crippen LogP contribution in [-0.4, -0.2) is 0 Å². The number of hydrogen-bond acceptors (Lipinski definition) is 0. The van der Waals surface area contributed by atoms with Crippen LogP contribution in [0.5, 0.6) is 0 Å². The van der Waals surface area contributed by atoms with Crippen LogP contribution < -0.4 is 0 Å². The average Bonchev–Trinajstić information content (AvgIpc) is 2.37. The molecule has 1 atom stereocenters. The third kappa shape index (κ3) is 2.33. The molecule has 18 heavy (non-hydrogen) atoms. The lowest BCUT2D eigenvalue weighted by atomic mass is 9.78. The summed E-state index contributed by atoms with van der Waals surface area (Å²) in [6.07, 6.45) is 8.66. The number of hydrogen-bond donors (Lipinski definition) is 0. The van der Waals surface area contributed by atoms with E-state index in [1.165, 1.54) is 27.8 Å². The minimum atomic E-state index is 0.477. The molecular weight excluding hydrogens is 216 g/mol. The topological polar surface area (TPSA) is 0 Å². The fourth-order valence-electron chi connectivity index (χ4n) is 2.75. The van der Waals surface area contributed by atoms with Gasteiger partial charge in [-0.3, -0.25) is 0 Å². The van der Waals surface area contributed by atoms with Crippen LogP contribution in [0.15, 0.2) is 54.2 Å². The van der Waals surface area contributed by atoms with E-state index in [0.717, 1.165) is 12.8 Å². The molecule has 1 aliphatic rings. The smallest absolute Gasteiger partial charge is 0.00665 e. The number of aryl methyl sites for hydroxylation is 1. The van der Waals surface area contributed by atoms with E-state index in [9.17, 15) is 0 Å². The van der Waals surface area contributed by atoms with Crippen LogP contribution in [0.2, 0.25) is 0 Å². The number of rotatable bonds is 3. The molecule has 1 unspecified atom stereocenters. The summed E-state index contributed by atoms with van der Waals surface area (Å²) < 4.78 is 0. The monoisotopic (exact) mass is 238 g/mol. The first-order chi connectivity index (χ1) is 8.67. The van der Waals surface area contributed by atoms with Gasteiger partial charge in [0.05, 0.1) is 0 Å². The molecule has 0 heteroatoms. The molecule has 94 valence electrons. The Balaban J connectivity index is 2.48. The molecule has 1 aliphatic carbocycles. The Morgan fingerprint density at radius 1 is 1.39 bits per heavy atom. The van der Waals surface area contributed by atoms with Crippen LogP contribution in [0.3, 0.4) is 0 Å². The highest BCUT2D eigenvalue weighted by molar-refractivity contribution is 5.51. The van der Waals surface area contributed by atoms with Gasteiger partial charge in [0.2, 0.25) is 0 Å². The van der Waals surface area contributed by atoms with E-state index in [1.54, 1.807) is 0 Å². The molecule has 0 radical (unpaired) electrons. The molecule has 0 heterocycles. The minimum absolute atomic E-state index is 0.477. The van der Waals surface area contributed by atoms with E-state index in [4.69, 9.17) is 0 Å². The predicted molar refractivity (Wildman–Crippen MR) is 80.0 cm³/mol. The van der Waals surface area contributed by atoms with Crippen LogP contribution >= 0.6 is 0 Å². The van der Waals surface area contributed by atoms with Crippen LogP contribution in [0.1, 0.15) is 42.9 Å². The molecule has 0 spiro atoms. The van der Waals surface area contributed by atoms with Crippen LogP contribution in [0, 0.1) is 6.92 Å². The van der Waals surface area contributed by atoms with Crippen molar-refractivity contribution in [3.63, 3.8) is 0 Å². The molecule has 0 N–H and O–H groups in total. The second-order valence-electron chi connectivity index (χ2n) is 5.10. The first-order valence-corrected chi connectivity index (χ1v) is 6.78. The molecule has 2 rings (SSSR count). The Bertz CT molecular complexity index is 515. The highest BCUT2D eigenvalue weighted by atomic mass is 14.3. The van der Waals surface area contributed by atoms with Crippen molar-refractivity contribution in [2.45, 2.75) is 39.5 Å². The summed E-state index contributed by atoms with van der Waals surface area (Å²) in [7, 11) is 0. The molecular formula is C18H22. The van der Waals surface area contributed by atoms with Crippen molar-refractivity contribution in [3.05, 3.63) is 70.8 Å². The number of allylic oxidation sites excluding steroid dienone is 5. The maximum atomic E-state index is 3.98. The fourth-order valence-corrected chi connectivity index (χ4v) is 2.75. The van der Waals surface area contributed by atoms with Gasteiger partial charge in [-0.05, 0) is 42.0 Å². The van der Waals surface area contributed by atoms with Gasteiger partial charge in [-0.1, -0.05) is 62.4 Å². The summed E-state index contributed by atoms with van der Waals surface area (Å²) >= 11 is 0. The summed E-state index contributed by atoms with van der Waals surface area (Å²) in [5, 5.41) is 0. The van der Waals surface area contributed by atoms with Crippen molar-refractivity contribution in [1.82, 2.24) is 0 Å². The Labute approximate surface area is 111 Å². The van der Waals surface area contributed by atoms with Gasteiger partial charge < -0.3 is 0 Å². The third-order valence-corrected chi connectivity index (χ3v) is 3.76. The molecule has 0 saturated carbocycles. The van der Waals surface area contributed by atoms with Gasteiger partial charge in [0, 0.05) is 5.92 Å². The normalized spacial score (nSPS) is 19.2. The first kappa shape index (κ1) is 12.9. The van der Waals surface area contributed by atoms with Gasteiger partial charge in [-0.2, -0.15) is 0 Å². The Morgan fingerprint density at radius 2 is 2.17 bits per heavy atom. The van der Waals surface area contributed by atoms with E-state index >= 15 is 0 Å². The van der Waals surface area contributed by atoms with Crippen molar-refractivity contribution in [2.24, 2.45) is 0 Å². The lowest BCUT2D eigenvalue weighted by Gasteiger charge is -2.26. The van der Waals surface area contributed by atoms with Gasteiger partial charge in [0.1, 0.15) is 0 Å². The molecule has 0 aliphatic heterocycles. The van der Waals surface area contributed by atoms with Crippen molar-refractivity contribution in [3.8, 4) is 0 Å². The van der Waals surface area contributed by atoms with E-state index in [-0.39, 0.29) is 0 Å². The van der Waals surface area contributed by atoms with E-state index in [1.807, 2.05) is 6.08 Å². The molecule has 0 saturated heterocycles. The minimum Gasteiger partial charge on any atom is -0.0988 e. The van der Waals surface area contributed by atoms with Crippen LogP contribution in [-0.2, 0) is 6.42 Å². The molecule has 0 nitrogen and oxygen atoms in total. The summed E-state index contributed by atoms with van der Waals surface area (Å²) in [6.45, 7) is 10.6. The lowest BCUT2D eigenvalue weighted by Crippen LogP contribution is -2.11. The van der Waals surface area contributed by atoms with E-state index in [2.05, 4.69) is 57.7 Å². The summed E-state index contributed by atoms with van der Waals surface area (Å²) in [4.78, 5) is 0. The lowest BCUT2D eigenvalue weighted by molar-refractivity contribution is 0.845. The highest BCUT2D eigenvalue weighted by Crippen LogP contribution is 2.37. The van der Waals surface area contributed by atoms with Crippen molar-refractivity contribution >= 4 is 0 Å². The van der Waals surface area contributed by atoms with Crippen LogP contribution in [0.25, 0.3) is 0 Å². The maximum Gasteiger partial charge on any atom is 0.00665 e. The Morgan fingerprint density at radius 3 is 2.83 bits per heavy atom. The van der Waals surface area contributed by atoms with Crippen molar-refractivity contribution in [2.75, 3.05) is 0 Å². The maximum absolute atomic E-state index is 3.98. The third-order valence-electron chi connectivity index (χ3n) is 3.76. The SMILES string of the molecule is C=CC1=C(/C=C\CC)C(C)c2ccc(C)cc2C1. The standard InChI is InChI=1S/C18H22/c1-5-7-8-17-14(4)18-10-9-13(3)11-16(18)12-15(17)6-2/h6-11,14H,2,5,12H2,1,3-4H3/b8-7-. The zero-order chi connectivity index (χ0) is 13.1. The van der Waals surface area contributed by atoms with Gasteiger partial charge in [-0.25, -0.2) is 0 Å². The van der Waals surface area contributed by atoms with Gasteiger partial charge >= 0.3 is 0 Å². The summed E-state index contributed by atoms with van der Waals surface area (Å²) in [6, 6.07) is 6.82. The van der Waals surface area contributed by atoms with E-state index in [0.29, 0.717) is 5.92 Å². The second kappa shape index (κ2) is 5.39. The zero-order valence-electron chi connectivity index (χ0n) is 11.7. The molecule has 1 aromatic carbocycles. The fraction of sp³-hybridized carbons (Fsp3) is 0.333. The number of fused-ring (bicyclic) bond motifs is 1. The first-order valence-electron chi connectivity index (χ1n) is 6.78. The van der Waals surface area contributed by atoms with Gasteiger partial charge in [0.15, 0.2) is 0 Å². The number of benzene rings is 1. The molecule has 0 amide bonds. The van der Waals surface area contributed by atoms with Crippen molar-refractivity contribution < 1.29 is 0 Å². The zero-order valence-corrected chi connectivity index (χ0v) is 11.7. The Kier molecular flexibility index (Phi) is 3.86. The highest BCUT2D eigenvalue weighted by Gasteiger charge is 2.21. The summed E-state index contributed by atoms with van der Waals surface area (Å²) in [5.74, 6) is 0.477. The Hall–Kier alpha value is -1.56. The average molecular weight is 238 g/mol. The van der Waals surface area contributed by atoms with Gasteiger partial charge in [-0.15, -0.1) is 0 Å². The van der Waals surface area contributed by atoms with Crippen LogP contribution in [0.4, 0.5) is 0 Å². The summed E-state index contributed by atoms with van der Waals surface area (Å²) in [5.41, 5.74) is 7.10. The largest absolute Gasteiger partial charge is 0.0988 e. The quantitative estimate of drug-likeness (QED) is 0.687.